The molecule has 1 unspecified atom stereocenters. The van der Waals surface area contributed by atoms with Crippen LogP contribution in [0.3, 0.4) is 0 Å². The number of Topliss-reactive ketones (excluding diaryl/α,β-unsaturated/α-hetero) is 1. The summed E-state index contributed by atoms with van der Waals surface area (Å²) in [5.74, 6) is 0.0556. The summed E-state index contributed by atoms with van der Waals surface area (Å²) in [6, 6.07) is 24.2. The molecule has 0 amide bonds. The largest absolute Gasteiger partial charge is 0.378 e. The van der Waals surface area contributed by atoms with Crippen LogP contribution in [0.2, 0.25) is 10.0 Å². The molecule has 4 heteroatoms. The third kappa shape index (κ3) is 4.85. The summed E-state index contributed by atoms with van der Waals surface area (Å²) in [7, 11) is 0. The van der Waals surface area contributed by atoms with E-state index in [1.807, 2.05) is 54.6 Å². The number of anilines is 1. The summed E-state index contributed by atoms with van der Waals surface area (Å²) in [6.45, 7) is 0. The van der Waals surface area contributed by atoms with Gasteiger partial charge in [-0.25, -0.2) is 0 Å². The van der Waals surface area contributed by atoms with E-state index in [-0.39, 0.29) is 11.8 Å². The Morgan fingerprint density at radius 2 is 1.36 bits per heavy atom. The van der Waals surface area contributed by atoms with Crippen LogP contribution in [0.5, 0.6) is 0 Å². The third-order valence-electron chi connectivity index (χ3n) is 3.94. The fraction of sp³-hybridized carbons (Fsp3) is 0.0952. The number of hydrogen-bond donors (Lipinski definition) is 1. The Hall–Kier alpha value is -2.29. The Morgan fingerprint density at radius 3 is 1.96 bits per heavy atom. The van der Waals surface area contributed by atoms with Crippen molar-refractivity contribution in [1.29, 1.82) is 0 Å². The summed E-state index contributed by atoms with van der Waals surface area (Å²) in [5, 5.41) is 4.73. The monoisotopic (exact) mass is 369 g/mol. The minimum atomic E-state index is -0.150. The van der Waals surface area contributed by atoms with Gasteiger partial charge in [0.05, 0.1) is 6.04 Å². The van der Waals surface area contributed by atoms with Crippen molar-refractivity contribution in [2.24, 2.45) is 0 Å². The lowest BCUT2D eigenvalue weighted by molar-refractivity contribution is 0.0976. The number of rotatable bonds is 6. The van der Waals surface area contributed by atoms with Gasteiger partial charge in [-0.15, -0.1) is 0 Å². The molecule has 0 aromatic heterocycles. The molecule has 0 saturated carbocycles. The third-order valence-corrected chi connectivity index (χ3v) is 4.45. The van der Waals surface area contributed by atoms with Gasteiger partial charge in [0.15, 0.2) is 5.78 Å². The Labute approximate surface area is 157 Å². The Bertz CT molecular complexity index is 830. The molecule has 0 saturated heterocycles. The van der Waals surface area contributed by atoms with Gasteiger partial charge in [0.25, 0.3) is 0 Å². The maximum Gasteiger partial charge on any atom is 0.165 e. The van der Waals surface area contributed by atoms with Crippen molar-refractivity contribution in [2.45, 2.75) is 12.5 Å². The van der Waals surface area contributed by atoms with Crippen LogP contribution < -0.4 is 5.32 Å². The number of carbonyl (C=O) groups is 1. The van der Waals surface area contributed by atoms with Crippen LogP contribution in [-0.2, 0) is 0 Å². The first-order valence-electron chi connectivity index (χ1n) is 7.97. The molecule has 0 bridgehead atoms. The van der Waals surface area contributed by atoms with Crippen molar-refractivity contribution >= 4 is 34.7 Å². The van der Waals surface area contributed by atoms with E-state index in [1.165, 1.54) is 0 Å². The lowest BCUT2D eigenvalue weighted by atomic mass is 9.97. The number of ketones is 1. The van der Waals surface area contributed by atoms with Gasteiger partial charge in [0, 0.05) is 27.7 Å². The van der Waals surface area contributed by atoms with Crippen LogP contribution in [-0.4, -0.2) is 5.78 Å². The number of benzene rings is 3. The molecule has 0 heterocycles. The second kappa shape index (κ2) is 8.19. The van der Waals surface area contributed by atoms with Gasteiger partial charge >= 0.3 is 0 Å². The molecule has 2 nitrogen and oxygen atoms in total. The van der Waals surface area contributed by atoms with E-state index in [0.717, 1.165) is 11.3 Å². The first-order valence-corrected chi connectivity index (χ1v) is 8.73. The van der Waals surface area contributed by atoms with Crippen LogP contribution in [0.25, 0.3) is 0 Å². The minimum Gasteiger partial charge on any atom is -0.378 e. The van der Waals surface area contributed by atoms with Gasteiger partial charge in [0.1, 0.15) is 0 Å². The van der Waals surface area contributed by atoms with Crippen molar-refractivity contribution in [3.05, 3.63) is 100 Å². The summed E-state index contributed by atoms with van der Waals surface area (Å²) >= 11 is 11.9. The van der Waals surface area contributed by atoms with E-state index in [2.05, 4.69) is 5.32 Å². The van der Waals surface area contributed by atoms with Crippen molar-refractivity contribution in [3.8, 4) is 0 Å². The maximum atomic E-state index is 12.7. The Morgan fingerprint density at radius 1 is 0.800 bits per heavy atom. The van der Waals surface area contributed by atoms with E-state index >= 15 is 0 Å². The van der Waals surface area contributed by atoms with Crippen LogP contribution in [0.15, 0.2) is 78.9 Å². The molecule has 0 spiro atoms. The zero-order valence-corrected chi connectivity index (χ0v) is 15.0. The van der Waals surface area contributed by atoms with E-state index < -0.39 is 0 Å². The molecule has 25 heavy (non-hydrogen) atoms. The minimum absolute atomic E-state index is 0.0556. The van der Waals surface area contributed by atoms with Crippen LogP contribution >= 0.6 is 23.2 Å². The average Bonchev–Trinajstić information content (AvgIpc) is 2.63. The Balaban J connectivity index is 1.83. The van der Waals surface area contributed by atoms with E-state index in [0.29, 0.717) is 22.0 Å². The second-order valence-corrected chi connectivity index (χ2v) is 6.62. The fourth-order valence-corrected chi connectivity index (χ4v) is 2.87. The standard InChI is InChI=1S/C21H17Cl2NO/c22-17-10-6-15(7-11-17)20(24-19-4-2-1-3-5-19)14-21(25)16-8-12-18(23)13-9-16/h1-13,20,24H,14H2. The summed E-state index contributed by atoms with van der Waals surface area (Å²) < 4.78 is 0. The van der Waals surface area contributed by atoms with Gasteiger partial charge < -0.3 is 5.32 Å². The highest BCUT2D eigenvalue weighted by Gasteiger charge is 2.17. The molecule has 0 aliphatic heterocycles. The molecular weight excluding hydrogens is 353 g/mol. The highest BCUT2D eigenvalue weighted by atomic mass is 35.5. The number of para-hydroxylation sites is 1. The van der Waals surface area contributed by atoms with Crippen molar-refractivity contribution in [3.63, 3.8) is 0 Å². The smallest absolute Gasteiger partial charge is 0.165 e. The zero-order valence-electron chi connectivity index (χ0n) is 13.5. The molecule has 3 aromatic carbocycles. The molecule has 0 radical (unpaired) electrons. The summed E-state index contributed by atoms with van der Waals surface area (Å²) in [5.41, 5.74) is 2.63. The molecule has 3 aromatic rings. The van der Waals surface area contributed by atoms with Crippen LogP contribution in [0.4, 0.5) is 5.69 Å². The molecule has 1 atom stereocenters. The van der Waals surface area contributed by atoms with E-state index in [1.54, 1.807) is 24.3 Å². The van der Waals surface area contributed by atoms with Crippen LogP contribution in [0.1, 0.15) is 28.4 Å². The number of nitrogens with one attached hydrogen (secondary N) is 1. The predicted molar refractivity (Wildman–Crippen MR) is 105 cm³/mol. The molecule has 0 fully saturated rings. The molecule has 1 N–H and O–H groups in total. The second-order valence-electron chi connectivity index (χ2n) is 5.75. The highest BCUT2D eigenvalue weighted by molar-refractivity contribution is 6.30. The molecule has 3 rings (SSSR count). The van der Waals surface area contributed by atoms with Gasteiger partial charge in [-0.2, -0.15) is 0 Å². The zero-order chi connectivity index (χ0) is 17.6. The fourth-order valence-electron chi connectivity index (χ4n) is 2.62. The van der Waals surface area contributed by atoms with Gasteiger partial charge in [-0.05, 0) is 54.1 Å². The van der Waals surface area contributed by atoms with Crippen molar-refractivity contribution in [2.75, 3.05) is 5.32 Å². The summed E-state index contributed by atoms with van der Waals surface area (Å²) in [4.78, 5) is 12.7. The number of halogens is 2. The SMILES string of the molecule is O=C(CC(Nc1ccccc1)c1ccc(Cl)cc1)c1ccc(Cl)cc1. The van der Waals surface area contributed by atoms with Gasteiger partial charge in [-0.3, -0.25) is 4.79 Å². The van der Waals surface area contributed by atoms with E-state index in [9.17, 15) is 4.79 Å². The van der Waals surface area contributed by atoms with Crippen molar-refractivity contribution in [1.82, 2.24) is 0 Å². The maximum absolute atomic E-state index is 12.7. The normalized spacial score (nSPS) is 11.8. The first-order chi connectivity index (χ1) is 12.1. The number of carbonyl (C=O) groups excluding carboxylic acids is 1. The lowest BCUT2D eigenvalue weighted by Gasteiger charge is -2.20. The quantitative estimate of drug-likeness (QED) is 0.507. The van der Waals surface area contributed by atoms with E-state index in [4.69, 9.17) is 23.2 Å². The Kier molecular flexibility index (Phi) is 5.75. The topological polar surface area (TPSA) is 29.1 Å². The summed E-state index contributed by atoms with van der Waals surface area (Å²) in [6.07, 6.45) is 0.332. The molecular formula is C21H17Cl2NO. The van der Waals surface area contributed by atoms with Gasteiger partial charge in [0.2, 0.25) is 0 Å². The average molecular weight is 370 g/mol. The van der Waals surface area contributed by atoms with Crippen LogP contribution in [0, 0.1) is 0 Å². The highest BCUT2D eigenvalue weighted by Crippen LogP contribution is 2.26. The number of hydrogen-bond acceptors (Lipinski definition) is 2. The molecule has 0 aliphatic rings. The molecule has 0 aliphatic carbocycles. The van der Waals surface area contributed by atoms with Crippen molar-refractivity contribution < 1.29 is 4.79 Å². The lowest BCUT2D eigenvalue weighted by Crippen LogP contribution is -2.15. The molecule has 126 valence electrons. The predicted octanol–water partition coefficient (Wildman–Crippen LogP) is 6.42. The van der Waals surface area contributed by atoms with Gasteiger partial charge in [-0.1, -0.05) is 53.5 Å². The first kappa shape index (κ1) is 17.5.